The number of hydrogen-bond acceptors (Lipinski definition) is 5. The molecule has 6 heteroatoms. The first kappa shape index (κ1) is 21.6. The van der Waals surface area contributed by atoms with E-state index in [0.717, 1.165) is 30.6 Å². The number of aromatic nitrogens is 1. The first-order valence-corrected chi connectivity index (χ1v) is 12.7. The van der Waals surface area contributed by atoms with E-state index < -0.39 is 0 Å². The second-order valence-electron chi connectivity index (χ2n) is 10.0. The zero-order chi connectivity index (χ0) is 22.3. The van der Waals surface area contributed by atoms with Crippen LogP contribution in [0.4, 0.5) is 5.13 Å². The Morgan fingerprint density at radius 3 is 2.97 bits per heavy atom. The van der Waals surface area contributed by atoms with Crippen LogP contribution in [0.1, 0.15) is 67.4 Å². The maximum Gasteiger partial charge on any atom is 0.226 e. The Morgan fingerprint density at radius 1 is 1.34 bits per heavy atom. The molecule has 5 nitrogen and oxygen atoms in total. The molecule has 1 heterocycles. The lowest BCUT2D eigenvalue weighted by molar-refractivity contribution is -0.116. The highest BCUT2D eigenvalue weighted by Gasteiger charge is 2.57. The molecule has 1 aromatic carbocycles. The highest BCUT2D eigenvalue weighted by Crippen LogP contribution is 2.62. The van der Waals surface area contributed by atoms with Crippen molar-refractivity contribution in [3.63, 3.8) is 0 Å². The normalized spacial score (nSPS) is 32.2. The molecule has 1 N–H and O–H groups in total. The Balaban J connectivity index is 1.37. The third-order valence-electron chi connectivity index (χ3n) is 8.32. The third kappa shape index (κ3) is 3.76. The summed E-state index contributed by atoms with van der Waals surface area (Å²) in [4.78, 5) is 23.3. The number of nitrogens with zero attached hydrogens (tertiary/aromatic N) is 2. The van der Waals surface area contributed by atoms with Gasteiger partial charge in [0, 0.05) is 22.9 Å². The van der Waals surface area contributed by atoms with Gasteiger partial charge in [0.15, 0.2) is 5.13 Å². The van der Waals surface area contributed by atoms with Crippen LogP contribution in [0.25, 0.3) is 0 Å². The van der Waals surface area contributed by atoms with Crippen molar-refractivity contribution in [1.29, 1.82) is 0 Å². The minimum Gasteiger partial charge on any atom is -0.399 e. The average molecular weight is 452 g/mol. The van der Waals surface area contributed by atoms with Gasteiger partial charge in [-0.2, -0.15) is 0 Å². The summed E-state index contributed by atoms with van der Waals surface area (Å²) in [6, 6.07) is 9.04. The second kappa shape index (κ2) is 8.62. The molecule has 32 heavy (non-hydrogen) atoms. The number of nitrogens with one attached hydrogen (secondary N) is 1. The number of fused-ring (bicyclic) bond motifs is 5. The van der Waals surface area contributed by atoms with E-state index in [1.807, 2.05) is 6.92 Å². The van der Waals surface area contributed by atoms with Gasteiger partial charge in [0.1, 0.15) is 7.11 Å². The van der Waals surface area contributed by atoms with Crippen molar-refractivity contribution in [2.45, 2.75) is 64.7 Å². The number of aryl methyl sites for hydroxylation is 2. The van der Waals surface area contributed by atoms with Gasteiger partial charge < -0.3 is 10.2 Å². The molecule has 0 aliphatic heterocycles. The van der Waals surface area contributed by atoms with Crippen LogP contribution >= 0.6 is 11.3 Å². The van der Waals surface area contributed by atoms with Gasteiger partial charge in [0.05, 0.1) is 5.71 Å². The fraction of sp³-hybridized carbons (Fsp3) is 0.577. The molecule has 0 bridgehead atoms. The van der Waals surface area contributed by atoms with Crippen molar-refractivity contribution in [1.82, 2.24) is 4.98 Å². The molecule has 170 valence electrons. The van der Waals surface area contributed by atoms with Gasteiger partial charge >= 0.3 is 0 Å². The summed E-state index contributed by atoms with van der Waals surface area (Å²) >= 11 is 1.53. The standard InChI is InChI=1S/C26H33N3O2S/c1-16-15-27-25(32-16)28-23(30)11-9-18-14-22(29-31-3)26(2)13-12-20-19-7-5-4-6-17(19)8-10-21(20)24(18)26/h4-7,15,18,20-21,24H,8-14H2,1-3H3,(H,27,28,30)/t18-,20?,21?,24?,26-/m1/s1. The number of carbonyl (C=O) groups excluding carboxylic acids is 1. The Labute approximate surface area is 194 Å². The largest absolute Gasteiger partial charge is 0.399 e. The van der Waals surface area contributed by atoms with Crippen molar-refractivity contribution in [2.24, 2.45) is 28.3 Å². The Kier molecular flexibility index (Phi) is 5.82. The fourth-order valence-electron chi connectivity index (χ4n) is 7.03. The number of anilines is 1. The minimum atomic E-state index is 0.0690. The smallest absolute Gasteiger partial charge is 0.226 e. The molecule has 0 saturated heterocycles. The average Bonchev–Trinajstić information content (AvgIpc) is 3.32. The van der Waals surface area contributed by atoms with Gasteiger partial charge in [-0.1, -0.05) is 36.3 Å². The summed E-state index contributed by atoms with van der Waals surface area (Å²) in [6.45, 7) is 4.41. The lowest BCUT2D eigenvalue weighted by Crippen LogP contribution is -2.44. The Morgan fingerprint density at radius 2 is 2.19 bits per heavy atom. The van der Waals surface area contributed by atoms with E-state index in [9.17, 15) is 4.79 Å². The van der Waals surface area contributed by atoms with Crippen LogP contribution in [0.15, 0.2) is 35.6 Å². The molecule has 3 aliphatic rings. The van der Waals surface area contributed by atoms with E-state index in [-0.39, 0.29) is 11.3 Å². The number of amides is 1. The van der Waals surface area contributed by atoms with Crippen LogP contribution in [0, 0.1) is 30.1 Å². The van der Waals surface area contributed by atoms with Gasteiger partial charge in [0.25, 0.3) is 0 Å². The first-order valence-electron chi connectivity index (χ1n) is 11.9. The molecule has 2 saturated carbocycles. The fourth-order valence-corrected chi connectivity index (χ4v) is 7.71. The number of thiazole rings is 1. The van der Waals surface area contributed by atoms with E-state index in [1.54, 1.807) is 18.9 Å². The summed E-state index contributed by atoms with van der Waals surface area (Å²) in [5, 5.41) is 8.21. The predicted molar refractivity (Wildman–Crippen MR) is 129 cm³/mol. The highest BCUT2D eigenvalue weighted by molar-refractivity contribution is 7.15. The summed E-state index contributed by atoms with van der Waals surface area (Å²) < 4.78 is 0. The van der Waals surface area contributed by atoms with Crippen LogP contribution in [-0.2, 0) is 16.1 Å². The molecule has 2 fully saturated rings. The van der Waals surface area contributed by atoms with E-state index in [1.165, 1.54) is 35.5 Å². The molecular weight excluding hydrogens is 418 g/mol. The van der Waals surface area contributed by atoms with Gasteiger partial charge in [-0.15, -0.1) is 11.3 Å². The van der Waals surface area contributed by atoms with Gasteiger partial charge in [-0.05, 0) is 80.2 Å². The topological polar surface area (TPSA) is 63.6 Å². The summed E-state index contributed by atoms with van der Waals surface area (Å²) in [6.07, 6.45) is 8.95. The maximum absolute atomic E-state index is 12.7. The molecule has 5 atom stereocenters. The maximum atomic E-state index is 12.7. The highest BCUT2D eigenvalue weighted by atomic mass is 32.1. The summed E-state index contributed by atoms with van der Waals surface area (Å²) in [7, 11) is 1.66. The Bertz CT molecular complexity index is 1030. The van der Waals surface area contributed by atoms with Crippen molar-refractivity contribution in [2.75, 3.05) is 12.4 Å². The summed E-state index contributed by atoms with van der Waals surface area (Å²) in [5.41, 5.74) is 4.40. The molecule has 5 rings (SSSR count). The zero-order valence-corrected chi connectivity index (χ0v) is 20.1. The number of hydrogen-bond donors (Lipinski definition) is 1. The van der Waals surface area contributed by atoms with Crippen LogP contribution in [0.3, 0.4) is 0 Å². The van der Waals surface area contributed by atoms with Crippen molar-refractivity contribution in [3.05, 3.63) is 46.5 Å². The van der Waals surface area contributed by atoms with Crippen LogP contribution < -0.4 is 5.32 Å². The van der Waals surface area contributed by atoms with Crippen LogP contribution in [0.5, 0.6) is 0 Å². The molecule has 3 unspecified atom stereocenters. The number of rotatable bonds is 5. The monoisotopic (exact) mass is 451 g/mol. The van der Waals surface area contributed by atoms with E-state index in [2.05, 4.69) is 46.6 Å². The molecule has 0 spiro atoms. The third-order valence-corrected chi connectivity index (χ3v) is 9.15. The van der Waals surface area contributed by atoms with E-state index in [0.29, 0.717) is 35.2 Å². The zero-order valence-electron chi connectivity index (χ0n) is 19.3. The van der Waals surface area contributed by atoms with Crippen LogP contribution in [-0.4, -0.2) is 23.7 Å². The second-order valence-corrected chi connectivity index (χ2v) is 11.3. The predicted octanol–water partition coefficient (Wildman–Crippen LogP) is 5.96. The Hall–Kier alpha value is -2.21. The van der Waals surface area contributed by atoms with Gasteiger partial charge in [0.2, 0.25) is 5.91 Å². The summed E-state index contributed by atoms with van der Waals surface area (Å²) in [5.74, 6) is 2.38. The van der Waals surface area contributed by atoms with E-state index in [4.69, 9.17) is 4.84 Å². The van der Waals surface area contributed by atoms with Crippen molar-refractivity contribution >= 4 is 28.1 Å². The SMILES string of the molecule is CON=C1C[C@@H](CCC(=O)Nc2ncc(C)s2)C2C3CCc4ccccc4C3CC[C@]12C. The minimum absolute atomic E-state index is 0.0690. The van der Waals surface area contributed by atoms with Crippen molar-refractivity contribution in [3.8, 4) is 0 Å². The first-order chi connectivity index (χ1) is 15.5. The molecular formula is C26H33N3O2S. The van der Waals surface area contributed by atoms with Gasteiger partial charge in [-0.25, -0.2) is 4.98 Å². The number of carbonyl (C=O) groups is 1. The van der Waals surface area contributed by atoms with Gasteiger partial charge in [-0.3, -0.25) is 4.79 Å². The molecule has 3 aliphatic carbocycles. The lowest BCUT2D eigenvalue weighted by Gasteiger charge is -2.50. The van der Waals surface area contributed by atoms with Crippen molar-refractivity contribution < 1.29 is 9.63 Å². The molecule has 0 radical (unpaired) electrons. The number of oxime groups is 1. The van der Waals surface area contributed by atoms with Crippen LogP contribution in [0.2, 0.25) is 0 Å². The molecule has 2 aromatic rings. The van der Waals surface area contributed by atoms with E-state index >= 15 is 0 Å². The quantitative estimate of drug-likeness (QED) is 0.571. The number of benzene rings is 1. The molecule has 1 aromatic heterocycles. The lowest BCUT2D eigenvalue weighted by atomic mass is 9.54. The molecule has 1 amide bonds.